The predicted molar refractivity (Wildman–Crippen MR) is 117 cm³/mol. The molecule has 1 aliphatic heterocycles. The molecule has 0 aliphatic carbocycles. The van der Waals surface area contributed by atoms with Crippen molar-refractivity contribution in [2.24, 2.45) is 17.6 Å². The maximum absolute atomic E-state index is 13.1. The number of allylic oxidation sites excluding steroid dienone is 10. The zero-order valence-electron chi connectivity index (χ0n) is 17.1. The van der Waals surface area contributed by atoms with E-state index in [4.69, 9.17) is 5.73 Å². The molecule has 2 N–H and O–H groups in total. The molecule has 1 heterocycles. The monoisotopic (exact) mass is 382 g/mol. The van der Waals surface area contributed by atoms with Crippen molar-refractivity contribution in [2.75, 3.05) is 6.54 Å². The molecule has 0 aromatic heterocycles. The maximum atomic E-state index is 13.1. The molecule has 1 rings (SSSR count). The van der Waals surface area contributed by atoms with Gasteiger partial charge in [-0.3, -0.25) is 4.79 Å². The molecule has 0 aromatic rings. The van der Waals surface area contributed by atoms with Gasteiger partial charge >= 0.3 is 0 Å². The zero-order valence-corrected chi connectivity index (χ0v) is 17.1. The van der Waals surface area contributed by atoms with Gasteiger partial charge in [-0.25, -0.2) is 4.39 Å². The fourth-order valence-corrected chi connectivity index (χ4v) is 3.00. The molecular weight excluding hydrogens is 351 g/mol. The molecule has 28 heavy (non-hydrogen) atoms. The molecule has 0 spiro atoms. The van der Waals surface area contributed by atoms with Gasteiger partial charge in [0.25, 0.3) is 0 Å². The van der Waals surface area contributed by atoms with Gasteiger partial charge in [0.05, 0.1) is 17.2 Å². The summed E-state index contributed by atoms with van der Waals surface area (Å²) in [5.74, 6) is -0.0955. The Bertz CT molecular complexity index is 761. The van der Waals surface area contributed by atoms with Crippen molar-refractivity contribution in [3.63, 3.8) is 0 Å². The molecule has 0 amide bonds. The first-order valence-electron chi connectivity index (χ1n) is 9.44. The van der Waals surface area contributed by atoms with Crippen molar-refractivity contribution >= 4 is 6.29 Å². The number of rotatable bonds is 10. The van der Waals surface area contributed by atoms with E-state index >= 15 is 0 Å². The van der Waals surface area contributed by atoms with Crippen LogP contribution in [0.15, 0.2) is 96.3 Å². The number of nitrogens with two attached hydrogens (primary N) is 1. The van der Waals surface area contributed by atoms with Crippen LogP contribution < -0.4 is 5.73 Å². The molecule has 3 nitrogen and oxygen atoms in total. The molecule has 0 bridgehead atoms. The smallest absolute Gasteiger partial charge is 0.142 e. The molecule has 0 radical (unpaired) electrons. The van der Waals surface area contributed by atoms with E-state index < -0.39 is 0 Å². The van der Waals surface area contributed by atoms with Gasteiger partial charge in [0.15, 0.2) is 0 Å². The van der Waals surface area contributed by atoms with Crippen LogP contribution in [0, 0.1) is 11.8 Å². The van der Waals surface area contributed by atoms with E-state index in [1.54, 1.807) is 12.2 Å². The van der Waals surface area contributed by atoms with E-state index in [2.05, 4.69) is 26.2 Å². The third-order valence-corrected chi connectivity index (χ3v) is 4.66. The molecule has 0 saturated carbocycles. The minimum atomic E-state index is -0.273. The summed E-state index contributed by atoms with van der Waals surface area (Å²) in [5.41, 5.74) is 9.63. The summed E-state index contributed by atoms with van der Waals surface area (Å²) >= 11 is 0. The molecule has 4 heteroatoms. The SMILES string of the molecule is C=C\C(=C(N)/C(=C/C=C(\C)F)CC)N1C=C(C(/C=C/C=O)C(C)C=C)C=CC1. The minimum absolute atomic E-state index is 0.0207. The molecule has 2 atom stereocenters. The molecular formula is C24H31FN2O. The number of aldehydes is 1. The van der Waals surface area contributed by atoms with E-state index in [9.17, 15) is 9.18 Å². The Balaban J connectivity index is 3.37. The van der Waals surface area contributed by atoms with Gasteiger partial charge in [-0.1, -0.05) is 50.8 Å². The second-order valence-electron chi connectivity index (χ2n) is 6.63. The van der Waals surface area contributed by atoms with Crippen LogP contribution in [0.5, 0.6) is 0 Å². The maximum Gasteiger partial charge on any atom is 0.142 e. The first-order valence-corrected chi connectivity index (χ1v) is 9.44. The topological polar surface area (TPSA) is 46.3 Å². The van der Waals surface area contributed by atoms with Crippen molar-refractivity contribution in [3.8, 4) is 0 Å². The number of hydrogen-bond acceptors (Lipinski definition) is 3. The van der Waals surface area contributed by atoms with Gasteiger partial charge in [0, 0.05) is 18.7 Å². The Morgan fingerprint density at radius 3 is 2.64 bits per heavy atom. The van der Waals surface area contributed by atoms with Crippen LogP contribution in [0.3, 0.4) is 0 Å². The quantitative estimate of drug-likeness (QED) is 0.235. The van der Waals surface area contributed by atoms with Crippen LogP contribution >= 0.6 is 0 Å². The minimum Gasteiger partial charge on any atom is -0.397 e. The average Bonchev–Trinajstić information content (AvgIpc) is 2.69. The lowest BCUT2D eigenvalue weighted by Gasteiger charge is -2.29. The van der Waals surface area contributed by atoms with Crippen LogP contribution in [0.4, 0.5) is 4.39 Å². The van der Waals surface area contributed by atoms with E-state index in [1.807, 2.05) is 36.3 Å². The summed E-state index contributed by atoms with van der Waals surface area (Å²) in [7, 11) is 0. The fourth-order valence-electron chi connectivity index (χ4n) is 3.00. The largest absolute Gasteiger partial charge is 0.397 e. The summed E-state index contributed by atoms with van der Waals surface area (Å²) in [6.07, 6.45) is 17.7. The predicted octanol–water partition coefficient (Wildman–Crippen LogP) is 5.50. The number of hydrogen-bond donors (Lipinski definition) is 1. The third kappa shape index (κ3) is 6.38. The highest BCUT2D eigenvalue weighted by Crippen LogP contribution is 2.29. The Labute approximate surface area is 168 Å². The van der Waals surface area contributed by atoms with Crippen molar-refractivity contribution in [2.45, 2.75) is 27.2 Å². The van der Waals surface area contributed by atoms with Gasteiger partial charge < -0.3 is 10.6 Å². The Hall–Kier alpha value is -2.88. The van der Waals surface area contributed by atoms with E-state index in [0.717, 1.165) is 23.1 Å². The van der Waals surface area contributed by atoms with Gasteiger partial charge in [-0.2, -0.15) is 0 Å². The normalized spacial score (nSPS) is 18.4. The van der Waals surface area contributed by atoms with E-state index in [0.29, 0.717) is 18.7 Å². The molecule has 1 aliphatic rings. The van der Waals surface area contributed by atoms with Crippen LogP contribution in [0.2, 0.25) is 0 Å². The second kappa shape index (κ2) is 11.8. The number of halogens is 1. The Morgan fingerprint density at radius 2 is 2.11 bits per heavy atom. The Morgan fingerprint density at radius 1 is 1.39 bits per heavy atom. The number of carbonyl (C=O) groups excluding carboxylic acids is 1. The van der Waals surface area contributed by atoms with Crippen LogP contribution in [-0.2, 0) is 4.79 Å². The van der Waals surface area contributed by atoms with Crippen molar-refractivity contribution < 1.29 is 9.18 Å². The molecule has 150 valence electrons. The molecule has 0 saturated heterocycles. The summed E-state index contributed by atoms with van der Waals surface area (Å²) in [6, 6.07) is 0. The summed E-state index contributed by atoms with van der Waals surface area (Å²) < 4.78 is 13.1. The number of nitrogens with zero attached hydrogens (tertiary/aromatic N) is 1. The highest BCUT2D eigenvalue weighted by molar-refractivity contribution is 5.65. The van der Waals surface area contributed by atoms with Crippen LogP contribution in [0.25, 0.3) is 0 Å². The summed E-state index contributed by atoms with van der Waals surface area (Å²) in [5, 5.41) is 0. The van der Waals surface area contributed by atoms with Gasteiger partial charge in [0.1, 0.15) is 6.29 Å². The zero-order chi connectivity index (χ0) is 21.1. The Kier molecular flexibility index (Phi) is 9.72. The summed E-state index contributed by atoms with van der Waals surface area (Å²) in [4.78, 5) is 12.8. The highest BCUT2D eigenvalue weighted by Gasteiger charge is 2.20. The number of carbonyl (C=O) groups is 1. The standard InChI is InChI=1S/C24H31FN2O/c1-6-18(4)22(12-10-16-28)21-11-9-15-27(17-21)23(8-3)24(26)20(7-2)14-13-19(5)25/h6,8-14,16-18,22H,1,3,7,15,26H2,2,4-5H3/b12-10+,19-13+,20-14+,24-23-. The van der Waals surface area contributed by atoms with Gasteiger partial charge in [-0.15, -0.1) is 6.58 Å². The average molecular weight is 383 g/mol. The van der Waals surface area contributed by atoms with Gasteiger partial charge in [0.2, 0.25) is 0 Å². The molecule has 2 unspecified atom stereocenters. The lowest BCUT2D eigenvalue weighted by atomic mass is 9.86. The van der Waals surface area contributed by atoms with Crippen LogP contribution in [0.1, 0.15) is 27.2 Å². The van der Waals surface area contributed by atoms with Crippen LogP contribution in [-0.4, -0.2) is 17.7 Å². The van der Waals surface area contributed by atoms with E-state index in [1.165, 1.54) is 19.1 Å². The van der Waals surface area contributed by atoms with Crippen molar-refractivity contribution in [3.05, 3.63) is 96.3 Å². The van der Waals surface area contributed by atoms with Gasteiger partial charge in [-0.05, 0) is 48.6 Å². The molecule has 0 aromatic carbocycles. The fraction of sp³-hybridized carbons (Fsp3) is 0.292. The highest BCUT2D eigenvalue weighted by atomic mass is 19.1. The lowest BCUT2D eigenvalue weighted by Crippen LogP contribution is -2.25. The van der Waals surface area contributed by atoms with E-state index in [-0.39, 0.29) is 17.7 Å². The summed E-state index contributed by atoms with van der Waals surface area (Å²) in [6.45, 7) is 13.9. The van der Waals surface area contributed by atoms with Crippen molar-refractivity contribution in [1.29, 1.82) is 0 Å². The lowest BCUT2D eigenvalue weighted by molar-refractivity contribution is -0.104. The molecule has 0 fully saturated rings. The van der Waals surface area contributed by atoms with Crippen molar-refractivity contribution in [1.82, 2.24) is 4.90 Å². The first-order chi connectivity index (χ1) is 13.4. The third-order valence-electron chi connectivity index (χ3n) is 4.66. The first kappa shape index (κ1) is 23.2. The second-order valence-corrected chi connectivity index (χ2v) is 6.63.